The quantitative estimate of drug-likeness (QED) is 0.249. The number of nitro groups is 1. The smallest absolute Gasteiger partial charge is 0.416 e. The zero-order chi connectivity index (χ0) is 25.4. The van der Waals surface area contributed by atoms with Crippen molar-refractivity contribution in [3.05, 3.63) is 99.1 Å². The Bertz CT molecular complexity index is 1230. The van der Waals surface area contributed by atoms with Crippen LogP contribution in [0.3, 0.4) is 0 Å². The molecule has 182 valence electrons. The first-order valence-electron chi connectivity index (χ1n) is 10.3. The summed E-state index contributed by atoms with van der Waals surface area (Å²) in [6.45, 7) is 2.29. The van der Waals surface area contributed by atoms with E-state index in [-0.39, 0.29) is 17.9 Å². The molecule has 0 heterocycles. The van der Waals surface area contributed by atoms with Crippen LogP contribution in [0.5, 0.6) is 11.5 Å². The van der Waals surface area contributed by atoms with Crippen LogP contribution >= 0.6 is 0 Å². The van der Waals surface area contributed by atoms with E-state index in [9.17, 15) is 28.1 Å². The van der Waals surface area contributed by atoms with Crippen LogP contribution in [-0.4, -0.2) is 23.7 Å². The van der Waals surface area contributed by atoms with Crippen LogP contribution < -0.4 is 14.9 Å². The van der Waals surface area contributed by atoms with Crippen LogP contribution in [-0.2, 0) is 12.8 Å². The molecule has 0 aliphatic carbocycles. The van der Waals surface area contributed by atoms with Crippen LogP contribution in [0.4, 0.5) is 18.9 Å². The van der Waals surface area contributed by atoms with E-state index in [4.69, 9.17) is 9.47 Å². The fourth-order valence-corrected chi connectivity index (χ4v) is 2.93. The number of nitro benzene ring substituents is 1. The molecule has 3 aromatic carbocycles. The third kappa shape index (κ3) is 7.03. The summed E-state index contributed by atoms with van der Waals surface area (Å²) in [7, 11) is 0. The summed E-state index contributed by atoms with van der Waals surface area (Å²) in [6, 6.07) is 14.9. The zero-order valence-corrected chi connectivity index (χ0v) is 18.4. The van der Waals surface area contributed by atoms with E-state index in [1.165, 1.54) is 24.4 Å². The Hall–Kier alpha value is -4.41. The van der Waals surface area contributed by atoms with Gasteiger partial charge in [0.1, 0.15) is 6.61 Å². The van der Waals surface area contributed by atoms with Crippen molar-refractivity contribution in [3.8, 4) is 11.5 Å². The fraction of sp³-hybridized carbons (Fsp3) is 0.167. The van der Waals surface area contributed by atoms with Gasteiger partial charge in [0, 0.05) is 17.7 Å². The number of halogens is 3. The highest BCUT2D eigenvalue weighted by molar-refractivity contribution is 5.95. The molecule has 0 atom stereocenters. The molecule has 1 amide bonds. The average Bonchev–Trinajstić information content (AvgIpc) is 2.83. The molecule has 0 unspecified atom stereocenters. The van der Waals surface area contributed by atoms with Gasteiger partial charge in [0.25, 0.3) is 11.6 Å². The first-order chi connectivity index (χ1) is 16.7. The van der Waals surface area contributed by atoms with Gasteiger partial charge in [-0.25, -0.2) is 5.43 Å². The van der Waals surface area contributed by atoms with Gasteiger partial charge in [0.05, 0.1) is 23.3 Å². The van der Waals surface area contributed by atoms with Crippen molar-refractivity contribution in [2.75, 3.05) is 6.61 Å². The molecule has 8 nitrogen and oxygen atoms in total. The summed E-state index contributed by atoms with van der Waals surface area (Å²) in [4.78, 5) is 22.4. The van der Waals surface area contributed by atoms with Crippen molar-refractivity contribution < 1.29 is 32.4 Å². The summed E-state index contributed by atoms with van der Waals surface area (Å²) in [5.41, 5.74) is 2.33. The minimum Gasteiger partial charge on any atom is -0.490 e. The fourth-order valence-electron chi connectivity index (χ4n) is 2.93. The molecule has 0 aromatic heterocycles. The third-order valence-corrected chi connectivity index (χ3v) is 4.64. The number of hydrogen-bond donors (Lipinski definition) is 1. The van der Waals surface area contributed by atoms with Crippen LogP contribution in [0.2, 0.25) is 0 Å². The second kappa shape index (κ2) is 11.1. The van der Waals surface area contributed by atoms with Crippen molar-refractivity contribution in [1.82, 2.24) is 5.43 Å². The van der Waals surface area contributed by atoms with Crippen LogP contribution in [0.15, 0.2) is 71.8 Å². The first-order valence-corrected chi connectivity index (χ1v) is 10.3. The molecule has 0 spiro atoms. The lowest BCUT2D eigenvalue weighted by molar-refractivity contribution is -0.384. The van der Waals surface area contributed by atoms with Gasteiger partial charge in [-0.05, 0) is 66.6 Å². The van der Waals surface area contributed by atoms with E-state index in [1.807, 2.05) is 0 Å². The average molecular weight is 487 g/mol. The predicted molar refractivity (Wildman–Crippen MR) is 122 cm³/mol. The zero-order valence-electron chi connectivity index (χ0n) is 18.4. The Morgan fingerprint density at radius 2 is 1.80 bits per heavy atom. The van der Waals surface area contributed by atoms with E-state index >= 15 is 0 Å². The van der Waals surface area contributed by atoms with E-state index < -0.39 is 22.6 Å². The van der Waals surface area contributed by atoms with E-state index in [1.54, 1.807) is 37.3 Å². The summed E-state index contributed by atoms with van der Waals surface area (Å²) >= 11 is 0. The number of carbonyl (C=O) groups is 1. The highest BCUT2D eigenvalue weighted by Crippen LogP contribution is 2.30. The number of amides is 1. The van der Waals surface area contributed by atoms with Crippen molar-refractivity contribution in [2.24, 2.45) is 5.10 Å². The van der Waals surface area contributed by atoms with Crippen LogP contribution in [0.1, 0.15) is 34.0 Å². The van der Waals surface area contributed by atoms with Gasteiger partial charge >= 0.3 is 6.18 Å². The van der Waals surface area contributed by atoms with Crippen molar-refractivity contribution in [3.63, 3.8) is 0 Å². The number of nitrogens with zero attached hydrogens (tertiary/aromatic N) is 2. The van der Waals surface area contributed by atoms with Gasteiger partial charge in [0.2, 0.25) is 0 Å². The summed E-state index contributed by atoms with van der Waals surface area (Å²) in [6.07, 6.45) is -3.24. The SMILES string of the molecule is CCOc1cc(/C=N\NC(=O)c2cccc(C(F)(F)F)c2)ccc1OCc1ccc([N+](=O)[O-])cc1. The number of alkyl halides is 3. The Labute approximate surface area is 198 Å². The molecule has 35 heavy (non-hydrogen) atoms. The minimum absolute atomic E-state index is 0.0208. The Morgan fingerprint density at radius 1 is 1.06 bits per heavy atom. The highest BCUT2D eigenvalue weighted by atomic mass is 19.4. The van der Waals surface area contributed by atoms with Crippen molar-refractivity contribution >= 4 is 17.8 Å². The van der Waals surface area contributed by atoms with E-state index in [0.717, 1.165) is 23.8 Å². The molecule has 0 fully saturated rings. The molecule has 1 N–H and O–H groups in total. The van der Waals surface area contributed by atoms with Gasteiger partial charge in [-0.3, -0.25) is 14.9 Å². The number of nitrogens with one attached hydrogen (secondary N) is 1. The maximum absolute atomic E-state index is 12.8. The molecule has 0 saturated heterocycles. The molecule has 0 radical (unpaired) electrons. The van der Waals surface area contributed by atoms with Crippen LogP contribution in [0.25, 0.3) is 0 Å². The lowest BCUT2D eigenvalue weighted by Gasteiger charge is -2.12. The molecule has 0 aliphatic heterocycles. The normalized spacial score (nSPS) is 11.3. The van der Waals surface area contributed by atoms with Gasteiger partial charge in [0.15, 0.2) is 11.5 Å². The molecule has 0 bridgehead atoms. The van der Waals surface area contributed by atoms with Gasteiger partial charge in [-0.2, -0.15) is 18.3 Å². The largest absolute Gasteiger partial charge is 0.490 e. The third-order valence-electron chi connectivity index (χ3n) is 4.64. The Balaban J connectivity index is 1.65. The maximum atomic E-state index is 12.8. The molecule has 0 aliphatic rings. The number of ether oxygens (including phenoxy) is 2. The number of non-ortho nitro benzene ring substituents is 1. The standard InChI is InChI=1S/C24H20F3N3O5/c1-2-34-22-12-17(8-11-21(22)35-15-16-6-9-20(10-7-16)30(32)33)14-28-29-23(31)18-4-3-5-19(13-18)24(25,26)27/h3-14H,2,15H2,1H3,(H,29,31)/b28-14-. The van der Waals surface area contributed by atoms with E-state index in [0.29, 0.717) is 23.7 Å². The summed E-state index contributed by atoms with van der Waals surface area (Å²) < 4.78 is 49.8. The Morgan fingerprint density at radius 3 is 2.46 bits per heavy atom. The lowest BCUT2D eigenvalue weighted by atomic mass is 10.1. The van der Waals surface area contributed by atoms with Gasteiger partial charge in [-0.1, -0.05) is 6.07 Å². The number of hydrazone groups is 1. The predicted octanol–water partition coefficient (Wildman–Crippen LogP) is 5.36. The second-order valence-electron chi connectivity index (χ2n) is 7.13. The topological polar surface area (TPSA) is 103 Å². The number of benzene rings is 3. The first kappa shape index (κ1) is 25.2. The highest BCUT2D eigenvalue weighted by Gasteiger charge is 2.30. The Kier molecular flexibility index (Phi) is 8.03. The van der Waals surface area contributed by atoms with Crippen molar-refractivity contribution in [2.45, 2.75) is 19.7 Å². The molecule has 0 saturated carbocycles. The van der Waals surface area contributed by atoms with Gasteiger partial charge in [-0.15, -0.1) is 0 Å². The molecule has 3 rings (SSSR count). The van der Waals surface area contributed by atoms with Crippen molar-refractivity contribution in [1.29, 1.82) is 0 Å². The molecular formula is C24H20F3N3O5. The summed E-state index contributed by atoms with van der Waals surface area (Å²) in [5.74, 6) is 0.0401. The molecular weight excluding hydrogens is 467 g/mol. The molecule has 3 aromatic rings. The monoisotopic (exact) mass is 487 g/mol. The number of hydrogen-bond acceptors (Lipinski definition) is 6. The van der Waals surface area contributed by atoms with Crippen LogP contribution in [0, 0.1) is 10.1 Å². The second-order valence-corrected chi connectivity index (χ2v) is 7.13. The van der Waals surface area contributed by atoms with E-state index in [2.05, 4.69) is 10.5 Å². The number of carbonyl (C=O) groups excluding carboxylic acids is 1. The molecule has 11 heteroatoms. The summed E-state index contributed by atoms with van der Waals surface area (Å²) in [5, 5.41) is 14.6. The lowest BCUT2D eigenvalue weighted by Crippen LogP contribution is -2.18. The maximum Gasteiger partial charge on any atom is 0.416 e. The number of rotatable bonds is 9. The van der Waals surface area contributed by atoms with Gasteiger partial charge < -0.3 is 9.47 Å². The minimum atomic E-state index is -4.56.